The van der Waals surface area contributed by atoms with Crippen molar-refractivity contribution in [3.8, 4) is 6.07 Å². The lowest BCUT2D eigenvalue weighted by Gasteiger charge is -2.34. The summed E-state index contributed by atoms with van der Waals surface area (Å²) in [5.74, 6) is 0.0615. The van der Waals surface area contributed by atoms with Crippen LogP contribution in [-0.2, 0) is 22.4 Å². The second kappa shape index (κ2) is 8.85. The van der Waals surface area contributed by atoms with E-state index >= 15 is 0 Å². The van der Waals surface area contributed by atoms with E-state index in [0.717, 1.165) is 57.2 Å². The Morgan fingerprint density at radius 1 is 1.22 bits per heavy atom. The number of anilines is 1. The van der Waals surface area contributed by atoms with E-state index < -0.39 is 0 Å². The van der Waals surface area contributed by atoms with Gasteiger partial charge in [0.1, 0.15) is 11.1 Å². The molecule has 2 amide bonds. The maximum Gasteiger partial charge on any atom is 0.242 e. The Labute approximate surface area is 164 Å². The molecule has 2 N–H and O–H groups in total. The number of thiophene rings is 1. The van der Waals surface area contributed by atoms with Crippen LogP contribution < -0.4 is 10.6 Å². The number of amides is 2. The van der Waals surface area contributed by atoms with Crippen molar-refractivity contribution in [1.29, 1.82) is 5.26 Å². The number of nitrogens with one attached hydrogen (secondary N) is 2. The van der Waals surface area contributed by atoms with E-state index in [4.69, 9.17) is 0 Å². The van der Waals surface area contributed by atoms with Gasteiger partial charge in [-0.2, -0.15) is 5.26 Å². The van der Waals surface area contributed by atoms with Crippen molar-refractivity contribution in [3.63, 3.8) is 0 Å². The molecule has 27 heavy (non-hydrogen) atoms. The van der Waals surface area contributed by atoms with Gasteiger partial charge >= 0.3 is 0 Å². The number of carbonyl (C=O) groups is 2. The lowest BCUT2D eigenvalue weighted by Crippen LogP contribution is -2.47. The van der Waals surface area contributed by atoms with Crippen molar-refractivity contribution in [1.82, 2.24) is 10.2 Å². The highest BCUT2D eigenvalue weighted by molar-refractivity contribution is 7.16. The number of nitrogens with zero attached hydrogens (tertiary/aromatic N) is 2. The van der Waals surface area contributed by atoms with E-state index in [1.165, 1.54) is 11.3 Å². The Bertz CT molecular complexity index is 744. The van der Waals surface area contributed by atoms with Crippen LogP contribution in [0.3, 0.4) is 0 Å². The number of hydrogen-bond donors (Lipinski definition) is 2. The zero-order chi connectivity index (χ0) is 19.4. The number of likely N-dealkylation sites (tertiary alicyclic amines) is 1. The molecular formula is C20H28N4O2S. The summed E-state index contributed by atoms with van der Waals surface area (Å²) < 4.78 is 0. The maximum absolute atomic E-state index is 12.8. The van der Waals surface area contributed by atoms with Crippen LogP contribution in [0.5, 0.6) is 0 Å². The zero-order valence-corrected chi connectivity index (χ0v) is 17.0. The fraction of sp³-hybridized carbons (Fsp3) is 0.650. The van der Waals surface area contributed by atoms with Crippen LogP contribution in [0.15, 0.2) is 0 Å². The molecule has 1 aliphatic carbocycles. The third-order valence-corrected chi connectivity index (χ3v) is 7.05. The number of nitriles is 1. The van der Waals surface area contributed by atoms with Gasteiger partial charge in [-0.25, -0.2) is 0 Å². The largest absolute Gasteiger partial charge is 0.359 e. The molecule has 1 aromatic rings. The molecule has 7 heteroatoms. The average molecular weight is 389 g/mol. The maximum atomic E-state index is 12.8. The summed E-state index contributed by atoms with van der Waals surface area (Å²) in [6.07, 6.45) is 6.96. The quantitative estimate of drug-likeness (QED) is 0.777. The molecule has 0 spiro atoms. The van der Waals surface area contributed by atoms with Crippen LogP contribution in [0.25, 0.3) is 0 Å². The highest BCUT2D eigenvalue weighted by Gasteiger charge is 2.30. The molecule has 1 saturated heterocycles. The third-order valence-electron chi connectivity index (χ3n) is 5.84. The van der Waals surface area contributed by atoms with E-state index in [1.54, 1.807) is 18.4 Å². The standard InChI is InChI=1S/C20H28N4O2S/c1-13(24-10-8-14(9-11-24)19(26)22-2)18(25)23-20-16(12-21)15-6-4-3-5-7-17(15)27-20/h13-14H,3-11H2,1-2H3,(H,22,26)(H,23,25). The minimum atomic E-state index is -0.274. The summed E-state index contributed by atoms with van der Waals surface area (Å²) in [4.78, 5) is 28.0. The van der Waals surface area contributed by atoms with E-state index in [0.29, 0.717) is 10.6 Å². The fourth-order valence-electron chi connectivity index (χ4n) is 4.08. The average Bonchev–Trinajstić information content (AvgIpc) is 2.85. The second-order valence-electron chi connectivity index (χ2n) is 7.47. The molecule has 0 saturated carbocycles. The summed E-state index contributed by atoms with van der Waals surface area (Å²) in [7, 11) is 1.67. The molecular weight excluding hydrogens is 360 g/mol. The smallest absolute Gasteiger partial charge is 0.242 e. The van der Waals surface area contributed by atoms with Crippen LogP contribution in [0.1, 0.15) is 55.0 Å². The molecule has 3 rings (SSSR count). The first-order valence-electron chi connectivity index (χ1n) is 9.86. The lowest BCUT2D eigenvalue weighted by molar-refractivity contribution is -0.126. The van der Waals surface area contributed by atoms with Crippen molar-refractivity contribution in [2.45, 2.75) is 57.9 Å². The number of carbonyl (C=O) groups excluding carboxylic acids is 2. The van der Waals surface area contributed by atoms with Crippen LogP contribution >= 0.6 is 11.3 Å². The Morgan fingerprint density at radius 2 is 1.93 bits per heavy atom. The predicted octanol–water partition coefficient (Wildman–Crippen LogP) is 2.67. The van der Waals surface area contributed by atoms with Gasteiger partial charge in [-0.15, -0.1) is 11.3 Å². The minimum Gasteiger partial charge on any atom is -0.359 e. The monoisotopic (exact) mass is 388 g/mol. The van der Waals surface area contributed by atoms with Crippen molar-refractivity contribution >= 4 is 28.2 Å². The van der Waals surface area contributed by atoms with Crippen LogP contribution in [0.4, 0.5) is 5.00 Å². The summed E-state index contributed by atoms with van der Waals surface area (Å²) in [5, 5.41) is 16.1. The molecule has 1 unspecified atom stereocenters. The van der Waals surface area contributed by atoms with E-state index in [9.17, 15) is 14.9 Å². The molecule has 1 fully saturated rings. The number of rotatable bonds is 4. The van der Waals surface area contributed by atoms with Crippen molar-refractivity contribution in [2.24, 2.45) is 5.92 Å². The topological polar surface area (TPSA) is 85.2 Å². The van der Waals surface area contributed by atoms with Gasteiger partial charge in [0.05, 0.1) is 11.6 Å². The van der Waals surface area contributed by atoms with Gasteiger partial charge in [-0.1, -0.05) is 6.42 Å². The molecule has 6 nitrogen and oxygen atoms in total. The summed E-state index contributed by atoms with van der Waals surface area (Å²) >= 11 is 1.57. The Balaban J connectivity index is 1.64. The number of piperidine rings is 1. The Hall–Kier alpha value is -1.91. The van der Waals surface area contributed by atoms with Gasteiger partial charge in [0.15, 0.2) is 0 Å². The highest BCUT2D eigenvalue weighted by atomic mass is 32.1. The molecule has 1 aliphatic heterocycles. The Kier molecular flexibility index (Phi) is 6.51. The SMILES string of the molecule is CNC(=O)C1CCN(C(C)C(=O)Nc2sc3c(c2C#N)CCCCC3)CC1. The normalized spacial score (nSPS) is 19.4. The van der Waals surface area contributed by atoms with Gasteiger partial charge in [-0.3, -0.25) is 14.5 Å². The molecule has 0 bridgehead atoms. The van der Waals surface area contributed by atoms with Gasteiger partial charge in [0.25, 0.3) is 0 Å². The molecule has 146 valence electrons. The van der Waals surface area contributed by atoms with Gasteiger partial charge in [0.2, 0.25) is 11.8 Å². The summed E-state index contributed by atoms with van der Waals surface area (Å²) in [5.41, 5.74) is 1.81. The first-order chi connectivity index (χ1) is 13.0. The Morgan fingerprint density at radius 3 is 2.59 bits per heavy atom. The van der Waals surface area contributed by atoms with Crippen molar-refractivity contribution < 1.29 is 9.59 Å². The van der Waals surface area contributed by atoms with E-state index in [1.807, 2.05) is 6.92 Å². The summed E-state index contributed by atoms with van der Waals surface area (Å²) in [6.45, 7) is 3.37. The van der Waals surface area contributed by atoms with Gasteiger partial charge in [-0.05, 0) is 64.1 Å². The lowest BCUT2D eigenvalue weighted by atomic mass is 9.95. The second-order valence-corrected chi connectivity index (χ2v) is 8.58. The number of hydrogen-bond acceptors (Lipinski definition) is 5. The van der Waals surface area contributed by atoms with Gasteiger partial charge in [0, 0.05) is 17.8 Å². The summed E-state index contributed by atoms with van der Waals surface area (Å²) in [6, 6.07) is 2.04. The minimum absolute atomic E-state index is 0.0414. The van der Waals surface area contributed by atoms with Crippen LogP contribution in [0, 0.1) is 17.2 Å². The third kappa shape index (κ3) is 4.33. The van der Waals surface area contributed by atoms with E-state index in [2.05, 4.69) is 21.6 Å². The van der Waals surface area contributed by atoms with Crippen LogP contribution in [-0.4, -0.2) is 42.9 Å². The molecule has 2 heterocycles. The molecule has 1 atom stereocenters. The first-order valence-corrected chi connectivity index (χ1v) is 10.7. The number of aryl methyl sites for hydroxylation is 1. The fourth-order valence-corrected chi connectivity index (χ4v) is 5.33. The molecule has 0 radical (unpaired) electrons. The van der Waals surface area contributed by atoms with E-state index in [-0.39, 0.29) is 23.8 Å². The predicted molar refractivity (Wildman–Crippen MR) is 107 cm³/mol. The highest BCUT2D eigenvalue weighted by Crippen LogP contribution is 2.37. The van der Waals surface area contributed by atoms with Crippen LogP contribution in [0.2, 0.25) is 0 Å². The molecule has 1 aromatic heterocycles. The van der Waals surface area contributed by atoms with Gasteiger partial charge < -0.3 is 10.6 Å². The molecule has 0 aromatic carbocycles. The molecule has 2 aliphatic rings. The zero-order valence-electron chi connectivity index (χ0n) is 16.1. The first kappa shape index (κ1) is 19.8. The van der Waals surface area contributed by atoms with Crippen molar-refractivity contribution in [3.05, 3.63) is 16.0 Å². The van der Waals surface area contributed by atoms with Crippen molar-refractivity contribution in [2.75, 3.05) is 25.5 Å². The number of fused-ring (bicyclic) bond motifs is 1.